The van der Waals surface area contributed by atoms with Crippen LogP contribution in [0.5, 0.6) is 5.75 Å². The molecule has 1 atom stereocenters. The highest BCUT2D eigenvalue weighted by molar-refractivity contribution is 7.91. The fraction of sp³-hybridized carbons (Fsp3) is 0.238. The van der Waals surface area contributed by atoms with Crippen LogP contribution in [0.15, 0.2) is 64.7 Å². The van der Waals surface area contributed by atoms with Crippen LogP contribution in [-0.2, 0) is 19.4 Å². The van der Waals surface area contributed by atoms with Gasteiger partial charge in [-0.15, -0.1) is 0 Å². The quantitative estimate of drug-likeness (QED) is 0.609. The van der Waals surface area contributed by atoms with E-state index in [0.29, 0.717) is 17.9 Å². The number of carbonyl (C=O) groups excluding carboxylic acids is 2. The standard InChI is InChI=1S/C21H21ClN2O6S/c1-3-30-15-9-7-13(8-10-15)19-18(20(25)29-2)17(23-21(26)24-19)12-31(27,28)16-6-4-5-14(22)11-16/h4-11,19H,3,12H2,1-2H3,(H2,23,24,26)/t19-/m0/s1. The maximum Gasteiger partial charge on any atom is 0.338 e. The minimum atomic E-state index is -3.91. The molecule has 0 fully saturated rings. The van der Waals surface area contributed by atoms with Gasteiger partial charge in [-0.3, -0.25) is 0 Å². The summed E-state index contributed by atoms with van der Waals surface area (Å²) in [6, 6.07) is 11.0. The Hall–Kier alpha value is -3.04. The molecule has 0 saturated carbocycles. The molecule has 2 aromatic rings. The monoisotopic (exact) mass is 464 g/mol. The first-order valence-electron chi connectivity index (χ1n) is 9.35. The Balaban J connectivity index is 2.05. The van der Waals surface area contributed by atoms with Crippen molar-refractivity contribution in [2.45, 2.75) is 17.9 Å². The molecular weight excluding hydrogens is 444 g/mol. The van der Waals surface area contributed by atoms with Gasteiger partial charge in [0.1, 0.15) is 5.75 Å². The third-order valence-corrected chi connectivity index (χ3v) is 6.45. The second kappa shape index (κ2) is 9.40. The van der Waals surface area contributed by atoms with Gasteiger partial charge in [-0.2, -0.15) is 0 Å². The van der Waals surface area contributed by atoms with Crippen LogP contribution in [0.25, 0.3) is 0 Å². The summed E-state index contributed by atoms with van der Waals surface area (Å²) in [6.07, 6.45) is 0. The van der Waals surface area contributed by atoms with Crippen LogP contribution < -0.4 is 15.4 Å². The summed E-state index contributed by atoms with van der Waals surface area (Å²) in [5.74, 6) is -0.750. The van der Waals surface area contributed by atoms with Crippen molar-refractivity contribution in [1.82, 2.24) is 10.6 Å². The lowest BCUT2D eigenvalue weighted by Gasteiger charge is -2.29. The molecular formula is C21H21ClN2O6S. The molecule has 1 aliphatic heterocycles. The molecule has 0 spiro atoms. The van der Waals surface area contributed by atoms with Gasteiger partial charge in [0.05, 0.1) is 36.0 Å². The molecule has 3 rings (SSSR count). The van der Waals surface area contributed by atoms with Gasteiger partial charge >= 0.3 is 12.0 Å². The number of sulfone groups is 1. The average molecular weight is 465 g/mol. The van der Waals surface area contributed by atoms with Crippen LogP contribution in [0, 0.1) is 0 Å². The molecule has 0 aliphatic carbocycles. The number of hydrogen-bond donors (Lipinski definition) is 2. The molecule has 8 nitrogen and oxygen atoms in total. The largest absolute Gasteiger partial charge is 0.494 e. The molecule has 0 aromatic heterocycles. The predicted octanol–water partition coefficient (Wildman–Crippen LogP) is 2.99. The number of methoxy groups -OCH3 is 1. The zero-order valence-corrected chi connectivity index (χ0v) is 18.4. The summed E-state index contributed by atoms with van der Waals surface area (Å²) in [4.78, 5) is 24.9. The van der Waals surface area contributed by atoms with E-state index in [1.54, 1.807) is 30.3 Å². The SMILES string of the molecule is CCOc1ccc([C@@H]2NC(=O)NC(CS(=O)(=O)c3cccc(Cl)c3)=C2C(=O)OC)cc1. The molecule has 164 valence electrons. The van der Waals surface area contributed by atoms with Crippen LogP contribution >= 0.6 is 11.6 Å². The predicted molar refractivity (Wildman–Crippen MR) is 115 cm³/mol. The lowest BCUT2D eigenvalue weighted by atomic mass is 9.95. The van der Waals surface area contributed by atoms with Crippen molar-refractivity contribution in [2.24, 2.45) is 0 Å². The highest BCUT2D eigenvalue weighted by Crippen LogP contribution is 2.30. The van der Waals surface area contributed by atoms with E-state index >= 15 is 0 Å². The van der Waals surface area contributed by atoms with E-state index in [4.69, 9.17) is 21.1 Å². The molecule has 2 aromatic carbocycles. The van der Waals surface area contributed by atoms with E-state index in [0.717, 1.165) is 0 Å². The second-order valence-corrected chi connectivity index (χ2v) is 9.06. The van der Waals surface area contributed by atoms with E-state index in [9.17, 15) is 18.0 Å². The highest BCUT2D eigenvalue weighted by Gasteiger charge is 2.35. The Morgan fingerprint density at radius 1 is 1.16 bits per heavy atom. The molecule has 0 bridgehead atoms. The van der Waals surface area contributed by atoms with Gasteiger partial charge in [-0.1, -0.05) is 29.8 Å². The van der Waals surface area contributed by atoms with Crippen molar-refractivity contribution in [1.29, 1.82) is 0 Å². The first-order valence-corrected chi connectivity index (χ1v) is 11.4. The number of ether oxygens (including phenoxy) is 2. The summed E-state index contributed by atoms with van der Waals surface area (Å²) >= 11 is 5.92. The normalized spacial score (nSPS) is 16.4. The van der Waals surface area contributed by atoms with Gasteiger partial charge in [0, 0.05) is 10.7 Å². The molecule has 0 saturated heterocycles. The lowest BCUT2D eigenvalue weighted by Crippen LogP contribution is -2.47. The zero-order chi connectivity index (χ0) is 22.6. The maximum absolute atomic E-state index is 12.9. The molecule has 0 radical (unpaired) electrons. The molecule has 0 unspecified atom stereocenters. The minimum absolute atomic E-state index is 0.00290. The van der Waals surface area contributed by atoms with Gasteiger partial charge in [0.2, 0.25) is 0 Å². The van der Waals surface area contributed by atoms with Crippen LogP contribution in [0.2, 0.25) is 5.02 Å². The fourth-order valence-corrected chi connectivity index (χ4v) is 4.81. The molecule has 10 heteroatoms. The fourth-order valence-electron chi connectivity index (χ4n) is 3.19. The van der Waals surface area contributed by atoms with E-state index in [-0.39, 0.29) is 21.2 Å². The van der Waals surface area contributed by atoms with Crippen LogP contribution in [-0.4, -0.2) is 39.9 Å². The summed E-state index contributed by atoms with van der Waals surface area (Å²) in [5, 5.41) is 5.35. The Kier molecular flexibility index (Phi) is 6.87. The van der Waals surface area contributed by atoms with Crippen LogP contribution in [0.3, 0.4) is 0 Å². The highest BCUT2D eigenvalue weighted by atomic mass is 35.5. The number of amides is 2. The number of rotatable bonds is 7. The average Bonchev–Trinajstić information content (AvgIpc) is 2.73. The number of esters is 1. The van der Waals surface area contributed by atoms with Crippen molar-refractivity contribution in [3.05, 3.63) is 70.4 Å². The Morgan fingerprint density at radius 2 is 1.87 bits per heavy atom. The van der Waals surface area contributed by atoms with E-state index < -0.39 is 33.6 Å². The number of nitrogens with one attached hydrogen (secondary N) is 2. The summed E-state index contributed by atoms with van der Waals surface area (Å²) < 4.78 is 36.2. The number of hydrogen-bond acceptors (Lipinski definition) is 6. The first kappa shape index (κ1) is 22.6. The maximum atomic E-state index is 12.9. The van der Waals surface area contributed by atoms with Crippen LogP contribution in [0.4, 0.5) is 4.79 Å². The number of carbonyl (C=O) groups is 2. The van der Waals surface area contributed by atoms with Crippen molar-refractivity contribution in [3.63, 3.8) is 0 Å². The molecule has 31 heavy (non-hydrogen) atoms. The molecule has 2 amide bonds. The van der Waals surface area contributed by atoms with Crippen molar-refractivity contribution in [2.75, 3.05) is 19.5 Å². The third-order valence-electron chi connectivity index (χ3n) is 4.57. The van der Waals surface area contributed by atoms with Crippen molar-refractivity contribution in [3.8, 4) is 5.75 Å². The van der Waals surface area contributed by atoms with E-state index in [1.807, 2.05) is 6.92 Å². The Labute approximate surface area is 185 Å². The van der Waals surface area contributed by atoms with Gasteiger partial charge in [-0.25, -0.2) is 18.0 Å². The van der Waals surface area contributed by atoms with Crippen LogP contribution in [0.1, 0.15) is 18.5 Å². The second-order valence-electron chi connectivity index (χ2n) is 6.63. The molecule has 1 heterocycles. The number of benzene rings is 2. The van der Waals surface area contributed by atoms with Gasteiger partial charge < -0.3 is 20.1 Å². The Morgan fingerprint density at radius 3 is 2.48 bits per heavy atom. The lowest BCUT2D eigenvalue weighted by molar-refractivity contribution is -0.136. The zero-order valence-electron chi connectivity index (χ0n) is 16.8. The van der Waals surface area contributed by atoms with Gasteiger partial charge in [0.25, 0.3) is 0 Å². The molecule has 2 N–H and O–H groups in total. The molecule has 1 aliphatic rings. The van der Waals surface area contributed by atoms with Crippen molar-refractivity contribution >= 4 is 33.4 Å². The van der Waals surface area contributed by atoms with E-state index in [2.05, 4.69) is 10.6 Å². The number of halogens is 1. The third kappa shape index (κ3) is 5.18. The van der Waals surface area contributed by atoms with E-state index in [1.165, 1.54) is 25.3 Å². The van der Waals surface area contributed by atoms with Crippen molar-refractivity contribution < 1.29 is 27.5 Å². The first-order chi connectivity index (χ1) is 14.7. The smallest absolute Gasteiger partial charge is 0.338 e. The summed E-state index contributed by atoms with van der Waals surface area (Å²) in [5.41, 5.74) is 0.502. The minimum Gasteiger partial charge on any atom is -0.494 e. The number of urea groups is 1. The topological polar surface area (TPSA) is 111 Å². The summed E-state index contributed by atoms with van der Waals surface area (Å²) in [7, 11) is -2.73. The van der Waals surface area contributed by atoms with Gasteiger partial charge in [0.15, 0.2) is 9.84 Å². The Bertz CT molecular complexity index is 1130. The summed E-state index contributed by atoms with van der Waals surface area (Å²) in [6.45, 7) is 2.34. The van der Waals surface area contributed by atoms with Gasteiger partial charge in [-0.05, 0) is 42.8 Å².